The molecule has 5 rings (SSSR count). The standard InChI is InChI=1S/C21H18N2O3S/c1-25-14-6-7-19(24)16(10-14)17-11-18-15-4-2-3-5-20(15)26-21(23(18)22-17)13-8-9-27-12-13/h2-10,12,18,21,24H,11H2,1H3/t18-,21-/m1/s1. The number of para-hydroxylation sites is 1. The van der Waals surface area contributed by atoms with Crippen LogP contribution in [0.2, 0.25) is 0 Å². The number of ether oxygens (including phenoxy) is 2. The number of hydrazone groups is 1. The van der Waals surface area contributed by atoms with Crippen LogP contribution in [0.4, 0.5) is 0 Å². The summed E-state index contributed by atoms with van der Waals surface area (Å²) in [6.07, 6.45) is 0.420. The number of phenolic OH excluding ortho intramolecular Hbond substituents is 1. The number of aromatic hydroxyl groups is 1. The van der Waals surface area contributed by atoms with E-state index in [9.17, 15) is 5.11 Å². The topological polar surface area (TPSA) is 54.3 Å². The van der Waals surface area contributed by atoms with E-state index in [-0.39, 0.29) is 18.0 Å². The monoisotopic (exact) mass is 378 g/mol. The third-order valence-corrected chi connectivity index (χ3v) is 5.74. The Morgan fingerprint density at radius 3 is 2.93 bits per heavy atom. The van der Waals surface area contributed by atoms with Gasteiger partial charge in [-0.25, -0.2) is 5.01 Å². The van der Waals surface area contributed by atoms with Gasteiger partial charge in [0.25, 0.3) is 0 Å². The molecule has 2 aliphatic rings. The highest BCUT2D eigenvalue weighted by molar-refractivity contribution is 7.07. The van der Waals surface area contributed by atoms with Crippen LogP contribution >= 0.6 is 11.3 Å². The number of thiophene rings is 1. The van der Waals surface area contributed by atoms with Gasteiger partial charge in [-0.05, 0) is 41.1 Å². The van der Waals surface area contributed by atoms with Crippen LogP contribution in [0.25, 0.3) is 0 Å². The van der Waals surface area contributed by atoms with Crippen LogP contribution in [0.5, 0.6) is 17.2 Å². The number of phenols is 1. The Bertz CT molecular complexity index is 1020. The SMILES string of the molecule is COc1ccc(O)c(C2=NN3[C@H](C2)c2ccccc2O[C@@H]3c2ccsc2)c1. The average Bonchev–Trinajstić information content (AvgIpc) is 3.38. The number of methoxy groups -OCH3 is 1. The zero-order valence-electron chi connectivity index (χ0n) is 14.7. The van der Waals surface area contributed by atoms with Crippen molar-refractivity contribution in [3.8, 4) is 17.2 Å². The van der Waals surface area contributed by atoms with Gasteiger partial charge >= 0.3 is 0 Å². The Balaban J connectivity index is 1.60. The Labute approximate surface area is 161 Å². The first-order valence-corrected chi connectivity index (χ1v) is 9.70. The molecular weight excluding hydrogens is 360 g/mol. The quantitative estimate of drug-likeness (QED) is 0.717. The lowest BCUT2D eigenvalue weighted by Gasteiger charge is -2.37. The van der Waals surface area contributed by atoms with E-state index in [0.717, 1.165) is 22.6 Å². The molecule has 0 bridgehead atoms. The van der Waals surface area contributed by atoms with Crippen molar-refractivity contribution in [2.24, 2.45) is 5.10 Å². The second kappa shape index (κ2) is 6.32. The lowest BCUT2D eigenvalue weighted by molar-refractivity contribution is -0.0187. The van der Waals surface area contributed by atoms with E-state index in [1.165, 1.54) is 0 Å². The molecule has 136 valence electrons. The molecule has 3 heterocycles. The zero-order valence-corrected chi connectivity index (χ0v) is 15.5. The molecule has 0 unspecified atom stereocenters. The molecule has 0 aliphatic carbocycles. The number of rotatable bonds is 3. The van der Waals surface area contributed by atoms with Gasteiger partial charge in [0.05, 0.1) is 18.9 Å². The predicted octanol–water partition coefficient (Wildman–Crippen LogP) is 4.70. The summed E-state index contributed by atoms with van der Waals surface area (Å²) in [6.45, 7) is 0. The molecule has 2 atom stereocenters. The Kier molecular flexibility index (Phi) is 3.79. The Hall–Kier alpha value is -2.99. The zero-order chi connectivity index (χ0) is 18.4. The van der Waals surface area contributed by atoms with Gasteiger partial charge in [-0.1, -0.05) is 18.2 Å². The maximum absolute atomic E-state index is 10.4. The van der Waals surface area contributed by atoms with Gasteiger partial charge in [0.15, 0.2) is 0 Å². The van der Waals surface area contributed by atoms with Crippen molar-refractivity contribution >= 4 is 17.0 Å². The molecule has 0 radical (unpaired) electrons. The van der Waals surface area contributed by atoms with Crippen LogP contribution in [0.1, 0.15) is 35.4 Å². The average molecular weight is 378 g/mol. The summed E-state index contributed by atoms with van der Waals surface area (Å²) in [4.78, 5) is 0. The molecule has 3 aromatic rings. The highest BCUT2D eigenvalue weighted by Gasteiger charge is 2.41. The van der Waals surface area contributed by atoms with Crippen molar-refractivity contribution in [3.05, 3.63) is 76.0 Å². The second-order valence-corrected chi connectivity index (χ2v) is 7.37. The molecule has 1 aromatic heterocycles. The van der Waals surface area contributed by atoms with Crippen molar-refractivity contribution in [2.45, 2.75) is 18.7 Å². The first-order chi connectivity index (χ1) is 13.2. The van der Waals surface area contributed by atoms with E-state index in [4.69, 9.17) is 14.6 Å². The van der Waals surface area contributed by atoms with E-state index in [2.05, 4.69) is 17.5 Å². The molecule has 0 saturated heterocycles. The van der Waals surface area contributed by atoms with Crippen LogP contribution in [0.15, 0.2) is 64.4 Å². The van der Waals surface area contributed by atoms with Crippen LogP contribution in [-0.4, -0.2) is 22.9 Å². The summed E-state index contributed by atoms with van der Waals surface area (Å²) >= 11 is 1.64. The minimum Gasteiger partial charge on any atom is -0.507 e. The molecule has 2 aromatic carbocycles. The second-order valence-electron chi connectivity index (χ2n) is 6.59. The first kappa shape index (κ1) is 16.2. The summed E-state index contributed by atoms with van der Waals surface area (Å²) < 4.78 is 11.6. The Morgan fingerprint density at radius 2 is 2.11 bits per heavy atom. The van der Waals surface area contributed by atoms with Crippen LogP contribution < -0.4 is 9.47 Å². The number of hydrogen-bond acceptors (Lipinski definition) is 6. The van der Waals surface area contributed by atoms with Crippen molar-refractivity contribution < 1.29 is 14.6 Å². The van der Waals surface area contributed by atoms with Gasteiger partial charge in [-0.3, -0.25) is 0 Å². The van der Waals surface area contributed by atoms with Gasteiger partial charge in [-0.15, -0.1) is 0 Å². The van der Waals surface area contributed by atoms with E-state index in [1.54, 1.807) is 30.6 Å². The normalized spacial score (nSPS) is 20.5. The van der Waals surface area contributed by atoms with Crippen molar-refractivity contribution in [2.75, 3.05) is 7.11 Å². The molecule has 2 aliphatic heterocycles. The van der Waals surface area contributed by atoms with Crippen molar-refractivity contribution in [1.29, 1.82) is 0 Å². The van der Waals surface area contributed by atoms with Gasteiger partial charge in [0.1, 0.15) is 17.2 Å². The van der Waals surface area contributed by atoms with Crippen LogP contribution in [-0.2, 0) is 0 Å². The van der Waals surface area contributed by atoms with Gasteiger partial charge in [0, 0.05) is 23.1 Å². The van der Waals surface area contributed by atoms with Gasteiger partial charge < -0.3 is 14.6 Å². The summed E-state index contributed by atoms with van der Waals surface area (Å²) in [5.41, 5.74) is 3.73. The summed E-state index contributed by atoms with van der Waals surface area (Å²) in [6, 6.07) is 15.5. The fourth-order valence-corrected chi connectivity index (χ4v) is 4.37. The first-order valence-electron chi connectivity index (χ1n) is 8.75. The maximum atomic E-state index is 10.4. The fourth-order valence-electron chi connectivity index (χ4n) is 3.71. The minimum atomic E-state index is -0.276. The summed E-state index contributed by atoms with van der Waals surface area (Å²) in [5.74, 6) is 1.79. The van der Waals surface area contributed by atoms with E-state index < -0.39 is 0 Å². The summed E-state index contributed by atoms with van der Waals surface area (Å²) in [5, 5.41) is 21.4. The third kappa shape index (κ3) is 2.64. The molecular formula is C21H18N2O3S. The summed E-state index contributed by atoms with van der Waals surface area (Å²) in [7, 11) is 1.62. The number of hydrogen-bond donors (Lipinski definition) is 1. The van der Waals surface area contributed by atoms with E-state index in [0.29, 0.717) is 17.7 Å². The molecule has 27 heavy (non-hydrogen) atoms. The smallest absolute Gasteiger partial charge is 0.214 e. The molecule has 1 N–H and O–H groups in total. The van der Waals surface area contributed by atoms with Crippen LogP contribution in [0.3, 0.4) is 0 Å². The predicted molar refractivity (Wildman–Crippen MR) is 105 cm³/mol. The van der Waals surface area contributed by atoms with Gasteiger partial charge in [0.2, 0.25) is 6.23 Å². The number of fused-ring (bicyclic) bond motifs is 3. The molecule has 0 saturated carbocycles. The molecule has 6 heteroatoms. The lowest BCUT2D eigenvalue weighted by atomic mass is 9.95. The molecule has 0 spiro atoms. The van der Waals surface area contributed by atoms with Crippen molar-refractivity contribution in [3.63, 3.8) is 0 Å². The molecule has 0 fully saturated rings. The molecule has 5 nitrogen and oxygen atoms in total. The highest BCUT2D eigenvalue weighted by atomic mass is 32.1. The van der Waals surface area contributed by atoms with Gasteiger partial charge in [-0.2, -0.15) is 16.4 Å². The number of nitrogens with zero attached hydrogens (tertiary/aromatic N) is 2. The largest absolute Gasteiger partial charge is 0.507 e. The Morgan fingerprint density at radius 1 is 1.22 bits per heavy atom. The maximum Gasteiger partial charge on any atom is 0.214 e. The number of benzene rings is 2. The van der Waals surface area contributed by atoms with E-state index in [1.807, 2.05) is 34.7 Å². The molecule has 0 amide bonds. The minimum absolute atomic E-state index is 0.0699. The van der Waals surface area contributed by atoms with Crippen LogP contribution in [0, 0.1) is 0 Å². The lowest BCUT2D eigenvalue weighted by Crippen LogP contribution is -2.33. The van der Waals surface area contributed by atoms with E-state index >= 15 is 0 Å². The fraction of sp³-hybridized carbons (Fsp3) is 0.190. The van der Waals surface area contributed by atoms with Crippen molar-refractivity contribution in [1.82, 2.24) is 5.01 Å². The third-order valence-electron chi connectivity index (χ3n) is 5.04. The highest BCUT2D eigenvalue weighted by Crippen LogP contribution is 2.48.